The number of nitrogens with two attached hydrogens (primary N) is 1. The van der Waals surface area contributed by atoms with Crippen LogP contribution < -0.4 is 11.3 Å². The summed E-state index contributed by atoms with van der Waals surface area (Å²) in [7, 11) is 0. The van der Waals surface area contributed by atoms with Crippen LogP contribution in [0, 0.1) is 0 Å². The number of nitrogen functional groups attached to an aromatic ring is 1. The monoisotopic (exact) mass is 251 g/mol. The highest BCUT2D eigenvalue weighted by atomic mass is 16.5. The van der Waals surface area contributed by atoms with Gasteiger partial charge in [-0.05, 0) is 25.5 Å². The van der Waals surface area contributed by atoms with Crippen molar-refractivity contribution in [2.75, 3.05) is 38.6 Å². The molecule has 0 bridgehead atoms. The first kappa shape index (κ1) is 13.1. The van der Waals surface area contributed by atoms with Crippen molar-refractivity contribution in [2.45, 2.75) is 19.4 Å². The van der Waals surface area contributed by atoms with E-state index in [1.807, 2.05) is 0 Å². The van der Waals surface area contributed by atoms with Crippen LogP contribution in [0.3, 0.4) is 0 Å². The average molecular weight is 251 g/mol. The van der Waals surface area contributed by atoms with Gasteiger partial charge in [0, 0.05) is 44.2 Å². The zero-order chi connectivity index (χ0) is 12.8. The summed E-state index contributed by atoms with van der Waals surface area (Å²) in [6.07, 6.45) is 3.77. The maximum Gasteiger partial charge on any atom is 0.250 e. The minimum atomic E-state index is 0.0170. The lowest BCUT2D eigenvalue weighted by Gasteiger charge is -2.19. The van der Waals surface area contributed by atoms with Crippen molar-refractivity contribution < 1.29 is 4.74 Å². The lowest BCUT2D eigenvalue weighted by molar-refractivity contribution is 0.141. The fraction of sp³-hybridized carbons (Fsp3) is 0.615. The summed E-state index contributed by atoms with van der Waals surface area (Å²) in [5.41, 5.74) is 6.33. The number of pyridine rings is 1. The van der Waals surface area contributed by atoms with Crippen LogP contribution in [0.2, 0.25) is 0 Å². The molecule has 0 atom stereocenters. The highest BCUT2D eigenvalue weighted by molar-refractivity contribution is 5.33. The molecular weight excluding hydrogens is 230 g/mol. The van der Waals surface area contributed by atoms with Gasteiger partial charge in [-0.3, -0.25) is 4.79 Å². The van der Waals surface area contributed by atoms with Gasteiger partial charge in [-0.25, -0.2) is 0 Å². The molecule has 2 N–H and O–H groups in total. The van der Waals surface area contributed by atoms with E-state index in [-0.39, 0.29) is 5.56 Å². The molecule has 0 unspecified atom stereocenters. The van der Waals surface area contributed by atoms with Crippen LogP contribution in [0.5, 0.6) is 0 Å². The first-order valence-electron chi connectivity index (χ1n) is 6.52. The highest BCUT2D eigenvalue weighted by Gasteiger charge is 2.08. The first-order valence-corrected chi connectivity index (χ1v) is 6.52. The van der Waals surface area contributed by atoms with Crippen LogP contribution in [0.15, 0.2) is 23.1 Å². The van der Waals surface area contributed by atoms with Crippen molar-refractivity contribution in [3.63, 3.8) is 0 Å². The fourth-order valence-corrected chi connectivity index (χ4v) is 2.21. The van der Waals surface area contributed by atoms with Crippen molar-refractivity contribution in [1.82, 2.24) is 9.47 Å². The van der Waals surface area contributed by atoms with Crippen molar-refractivity contribution in [3.8, 4) is 0 Å². The molecule has 0 aromatic carbocycles. The molecule has 5 heteroatoms. The maximum atomic E-state index is 11.6. The second-order valence-corrected chi connectivity index (χ2v) is 4.66. The van der Waals surface area contributed by atoms with Gasteiger partial charge in [0.05, 0.1) is 6.61 Å². The number of rotatable bonds is 4. The molecule has 1 aromatic heterocycles. The summed E-state index contributed by atoms with van der Waals surface area (Å²) in [6.45, 7) is 5.49. The molecule has 0 amide bonds. The third-order valence-electron chi connectivity index (χ3n) is 3.19. The molecule has 18 heavy (non-hydrogen) atoms. The molecular formula is C13H21N3O2. The minimum Gasteiger partial charge on any atom is -0.398 e. The highest BCUT2D eigenvalue weighted by Crippen LogP contribution is 2.02. The summed E-state index contributed by atoms with van der Waals surface area (Å²) in [5, 5.41) is 0. The Morgan fingerprint density at radius 3 is 3.00 bits per heavy atom. The van der Waals surface area contributed by atoms with Crippen molar-refractivity contribution in [2.24, 2.45) is 0 Å². The topological polar surface area (TPSA) is 60.5 Å². The molecule has 0 aliphatic carbocycles. The number of anilines is 1. The Hall–Kier alpha value is -1.33. The Morgan fingerprint density at radius 1 is 1.22 bits per heavy atom. The summed E-state index contributed by atoms with van der Waals surface area (Å²) < 4.78 is 7.09. The second kappa shape index (κ2) is 6.56. The second-order valence-electron chi connectivity index (χ2n) is 4.66. The summed E-state index contributed by atoms with van der Waals surface area (Å²) >= 11 is 0. The maximum absolute atomic E-state index is 11.6. The fourth-order valence-electron chi connectivity index (χ4n) is 2.21. The largest absolute Gasteiger partial charge is 0.398 e. The van der Waals surface area contributed by atoms with Gasteiger partial charge in [-0.1, -0.05) is 0 Å². The van der Waals surface area contributed by atoms with E-state index in [9.17, 15) is 4.79 Å². The van der Waals surface area contributed by atoms with E-state index >= 15 is 0 Å². The Balaban J connectivity index is 1.80. The lowest BCUT2D eigenvalue weighted by atomic mass is 10.3. The van der Waals surface area contributed by atoms with Crippen molar-refractivity contribution >= 4 is 5.69 Å². The Morgan fingerprint density at radius 2 is 2.11 bits per heavy atom. The summed E-state index contributed by atoms with van der Waals surface area (Å²) in [5.74, 6) is 0. The van der Waals surface area contributed by atoms with Gasteiger partial charge in [0.2, 0.25) is 0 Å². The molecule has 2 heterocycles. The van der Waals surface area contributed by atoms with Gasteiger partial charge in [-0.2, -0.15) is 0 Å². The van der Waals surface area contributed by atoms with Gasteiger partial charge in [0.25, 0.3) is 5.56 Å². The van der Waals surface area contributed by atoms with Gasteiger partial charge in [0.15, 0.2) is 0 Å². The number of nitrogens with zero attached hydrogens (tertiary/aromatic N) is 2. The van der Waals surface area contributed by atoms with Crippen molar-refractivity contribution in [1.29, 1.82) is 0 Å². The Labute approximate surface area is 107 Å². The normalized spacial score (nSPS) is 17.6. The van der Waals surface area contributed by atoms with E-state index in [0.29, 0.717) is 5.69 Å². The molecule has 100 valence electrons. The van der Waals surface area contributed by atoms with E-state index in [2.05, 4.69) is 4.90 Å². The lowest BCUT2D eigenvalue weighted by Crippen LogP contribution is -2.29. The van der Waals surface area contributed by atoms with E-state index in [1.54, 1.807) is 16.8 Å². The van der Waals surface area contributed by atoms with Crippen LogP contribution in [0.1, 0.15) is 12.8 Å². The quantitative estimate of drug-likeness (QED) is 0.848. The molecule has 0 spiro atoms. The third-order valence-corrected chi connectivity index (χ3v) is 3.19. The number of hydrogen-bond acceptors (Lipinski definition) is 4. The molecule has 1 aliphatic heterocycles. The molecule has 0 saturated carbocycles. The Bertz CT molecular complexity index is 422. The molecule has 1 saturated heterocycles. The molecule has 1 fully saturated rings. The minimum absolute atomic E-state index is 0.0170. The van der Waals surface area contributed by atoms with Gasteiger partial charge < -0.3 is 19.9 Å². The molecule has 1 aliphatic rings. The first-order chi connectivity index (χ1) is 8.75. The van der Waals surface area contributed by atoms with Crippen LogP contribution >= 0.6 is 0 Å². The van der Waals surface area contributed by atoms with Crippen LogP contribution in [-0.2, 0) is 11.3 Å². The van der Waals surface area contributed by atoms with Gasteiger partial charge >= 0.3 is 0 Å². The smallest absolute Gasteiger partial charge is 0.250 e. The van der Waals surface area contributed by atoms with Crippen molar-refractivity contribution in [3.05, 3.63) is 28.7 Å². The predicted molar refractivity (Wildman–Crippen MR) is 71.6 cm³/mol. The SMILES string of the molecule is Nc1ccc(=O)n(CCCN2CCCOCC2)c1. The van der Waals surface area contributed by atoms with Crippen LogP contribution in [-0.4, -0.2) is 42.3 Å². The zero-order valence-corrected chi connectivity index (χ0v) is 10.7. The van der Waals surface area contributed by atoms with E-state index in [0.717, 1.165) is 52.2 Å². The summed E-state index contributed by atoms with van der Waals surface area (Å²) in [6, 6.07) is 3.17. The van der Waals surface area contributed by atoms with E-state index in [1.165, 1.54) is 6.07 Å². The van der Waals surface area contributed by atoms with Crippen LogP contribution in [0.25, 0.3) is 0 Å². The standard InChI is InChI=1S/C13H21N3O2/c14-12-3-4-13(17)16(11-12)7-1-5-15-6-2-9-18-10-8-15/h3-4,11H,1-2,5-10,14H2. The number of aromatic nitrogens is 1. The van der Waals surface area contributed by atoms with Crippen LogP contribution in [0.4, 0.5) is 5.69 Å². The van der Waals surface area contributed by atoms with Gasteiger partial charge in [-0.15, -0.1) is 0 Å². The number of aryl methyl sites for hydroxylation is 1. The Kier molecular flexibility index (Phi) is 4.78. The number of hydrogen-bond donors (Lipinski definition) is 1. The molecule has 2 rings (SSSR count). The average Bonchev–Trinajstić information content (AvgIpc) is 2.62. The number of ether oxygens (including phenoxy) is 1. The molecule has 1 aromatic rings. The van der Waals surface area contributed by atoms with E-state index in [4.69, 9.17) is 10.5 Å². The molecule has 0 radical (unpaired) electrons. The molecule has 5 nitrogen and oxygen atoms in total. The summed E-state index contributed by atoms with van der Waals surface area (Å²) in [4.78, 5) is 14.0. The predicted octanol–water partition coefficient (Wildman–Crippen LogP) is 0.543. The zero-order valence-electron chi connectivity index (χ0n) is 10.7. The van der Waals surface area contributed by atoms with Gasteiger partial charge in [0.1, 0.15) is 0 Å². The van der Waals surface area contributed by atoms with E-state index < -0.39 is 0 Å². The third kappa shape index (κ3) is 3.85.